The smallest absolute Gasteiger partial charge is 0.255 e. The second kappa shape index (κ2) is 6.58. The molecule has 1 heterocycles. The molecule has 20 heavy (non-hydrogen) atoms. The summed E-state index contributed by atoms with van der Waals surface area (Å²) in [6.07, 6.45) is 0.903. The molecule has 1 fully saturated rings. The van der Waals surface area contributed by atoms with Gasteiger partial charge in [0.15, 0.2) is 0 Å². The van der Waals surface area contributed by atoms with Gasteiger partial charge in [0.1, 0.15) is 0 Å². The molecule has 2 rings (SSSR count). The number of nitrogens with zero attached hydrogens (tertiary/aromatic N) is 2. The third-order valence-corrected chi connectivity index (χ3v) is 3.60. The molecule has 6 nitrogen and oxygen atoms in total. The summed E-state index contributed by atoms with van der Waals surface area (Å²) in [5.74, 6) is -0.0478. The van der Waals surface area contributed by atoms with Gasteiger partial charge in [0.05, 0.1) is 12.2 Å². The molecule has 0 atom stereocenters. The van der Waals surface area contributed by atoms with Crippen molar-refractivity contribution in [3.63, 3.8) is 0 Å². The average Bonchev–Trinajstić information content (AvgIpc) is 2.64. The monoisotopic (exact) mass is 278 g/mol. The van der Waals surface area contributed by atoms with Crippen LogP contribution in [0.15, 0.2) is 18.2 Å². The molecule has 0 unspecified atom stereocenters. The second-order valence-electron chi connectivity index (χ2n) is 5.06. The number of aliphatic hydroxyl groups excluding tert-OH is 1. The van der Waals surface area contributed by atoms with E-state index in [-0.39, 0.29) is 12.5 Å². The lowest BCUT2D eigenvalue weighted by atomic mass is 10.1. The molecule has 1 aromatic carbocycles. The maximum absolute atomic E-state index is 12.5. The third kappa shape index (κ3) is 3.40. The number of β-amino-alcohol motifs (C(OH)–C–C–N with tert-alkyl or cyclic N) is 1. The summed E-state index contributed by atoms with van der Waals surface area (Å²) >= 11 is 0. The predicted octanol–water partition coefficient (Wildman–Crippen LogP) is -0.00880. The number of aliphatic hydroxyl groups is 1. The van der Waals surface area contributed by atoms with Crippen LogP contribution in [0.5, 0.6) is 0 Å². The minimum absolute atomic E-state index is 0.0478. The van der Waals surface area contributed by atoms with E-state index in [9.17, 15) is 4.79 Å². The van der Waals surface area contributed by atoms with Gasteiger partial charge in [-0.3, -0.25) is 9.69 Å². The summed E-state index contributed by atoms with van der Waals surface area (Å²) in [7, 11) is 0. The second-order valence-corrected chi connectivity index (χ2v) is 5.06. The molecule has 0 aliphatic carbocycles. The van der Waals surface area contributed by atoms with Crippen LogP contribution in [0, 0.1) is 0 Å². The van der Waals surface area contributed by atoms with Crippen molar-refractivity contribution in [3.05, 3.63) is 23.8 Å². The van der Waals surface area contributed by atoms with Gasteiger partial charge in [0.2, 0.25) is 0 Å². The lowest BCUT2D eigenvalue weighted by Crippen LogP contribution is -2.36. The Labute approximate surface area is 119 Å². The molecular formula is C14H22N4O2. The highest BCUT2D eigenvalue weighted by molar-refractivity contribution is 5.99. The number of nitrogens with two attached hydrogens (primary N) is 2. The van der Waals surface area contributed by atoms with Gasteiger partial charge in [-0.05, 0) is 31.2 Å². The molecular weight excluding hydrogens is 256 g/mol. The van der Waals surface area contributed by atoms with E-state index in [1.54, 1.807) is 18.2 Å². The van der Waals surface area contributed by atoms with Crippen LogP contribution in [-0.4, -0.2) is 60.1 Å². The number of carbonyl (C=O) groups is 1. The summed E-state index contributed by atoms with van der Waals surface area (Å²) in [5.41, 5.74) is 13.0. The molecule has 5 N–H and O–H groups in total. The molecule has 0 bridgehead atoms. The number of benzene rings is 1. The number of hydrogen-bond donors (Lipinski definition) is 3. The molecule has 110 valence electrons. The van der Waals surface area contributed by atoms with Crippen molar-refractivity contribution in [3.8, 4) is 0 Å². The van der Waals surface area contributed by atoms with E-state index < -0.39 is 0 Å². The quantitative estimate of drug-likeness (QED) is 0.676. The minimum Gasteiger partial charge on any atom is -0.399 e. The Kier molecular flexibility index (Phi) is 4.81. The maximum atomic E-state index is 12.5. The Morgan fingerprint density at radius 3 is 2.70 bits per heavy atom. The highest BCUT2D eigenvalue weighted by atomic mass is 16.3. The fourth-order valence-electron chi connectivity index (χ4n) is 2.49. The zero-order chi connectivity index (χ0) is 14.5. The highest BCUT2D eigenvalue weighted by Crippen LogP contribution is 2.18. The average molecular weight is 278 g/mol. The Balaban J connectivity index is 2.05. The minimum atomic E-state index is -0.0478. The summed E-state index contributed by atoms with van der Waals surface area (Å²) in [6.45, 7) is 3.86. The molecule has 0 radical (unpaired) electrons. The van der Waals surface area contributed by atoms with E-state index in [1.807, 2.05) is 4.90 Å². The van der Waals surface area contributed by atoms with Gasteiger partial charge < -0.3 is 21.5 Å². The molecule has 0 spiro atoms. The standard InChI is InChI=1S/C14H22N4O2/c15-11-2-3-12(13(16)10-11)14(20)18-5-1-4-17(6-7-18)8-9-19/h2-3,10,19H,1,4-9,15-16H2. The fraction of sp³-hybridized carbons (Fsp3) is 0.500. The van der Waals surface area contributed by atoms with Gasteiger partial charge >= 0.3 is 0 Å². The number of carbonyl (C=O) groups excluding carboxylic acids is 1. The summed E-state index contributed by atoms with van der Waals surface area (Å²) < 4.78 is 0. The van der Waals surface area contributed by atoms with Crippen molar-refractivity contribution in [1.82, 2.24) is 9.80 Å². The van der Waals surface area contributed by atoms with Crippen LogP contribution >= 0.6 is 0 Å². The van der Waals surface area contributed by atoms with Gasteiger partial charge in [-0.15, -0.1) is 0 Å². The van der Waals surface area contributed by atoms with Crippen LogP contribution < -0.4 is 11.5 Å². The molecule has 1 saturated heterocycles. The number of anilines is 2. The van der Waals surface area contributed by atoms with E-state index in [1.165, 1.54) is 0 Å². The normalized spacial score (nSPS) is 16.9. The highest BCUT2D eigenvalue weighted by Gasteiger charge is 2.21. The Bertz CT molecular complexity index is 478. The lowest BCUT2D eigenvalue weighted by molar-refractivity contribution is 0.0761. The number of nitrogen functional groups attached to an aromatic ring is 2. The van der Waals surface area contributed by atoms with Crippen LogP contribution in [0.3, 0.4) is 0 Å². The van der Waals surface area contributed by atoms with Crippen LogP contribution in [0.1, 0.15) is 16.8 Å². The van der Waals surface area contributed by atoms with Crippen LogP contribution in [0.25, 0.3) is 0 Å². The first kappa shape index (κ1) is 14.6. The Hall–Kier alpha value is -1.79. The third-order valence-electron chi connectivity index (χ3n) is 3.60. The molecule has 1 aliphatic rings. The van der Waals surface area contributed by atoms with Gasteiger partial charge in [-0.25, -0.2) is 0 Å². The first-order chi connectivity index (χ1) is 9.61. The summed E-state index contributed by atoms with van der Waals surface area (Å²) in [6, 6.07) is 4.99. The Morgan fingerprint density at radius 1 is 1.20 bits per heavy atom. The maximum Gasteiger partial charge on any atom is 0.255 e. The van der Waals surface area contributed by atoms with Gasteiger partial charge in [0, 0.05) is 37.6 Å². The van der Waals surface area contributed by atoms with Gasteiger partial charge in [-0.2, -0.15) is 0 Å². The van der Waals surface area contributed by atoms with Crippen molar-refractivity contribution in [2.24, 2.45) is 0 Å². The number of amides is 1. The van der Waals surface area contributed by atoms with Crippen molar-refractivity contribution in [1.29, 1.82) is 0 Å². The summed E-state index contributed by atoms with van der Waals surface area (Å²) in [4.78, 5) is 16.5. The number of rotatable bonds is 3. The molecule has 1 amide bonds. The van der Waals surface area contributed by atoms with Crippen molar-refractivity contribution in [2.75, 3.05) is 50.8 Å². The van der Waals surface area contributed by atoms with Crippen molar-refractivity contribution in [2.45, 2.75) is 6.42 Å². The van der Waals surface area contributed by atoms with E-state index in [4.69, 9.17) is 16.6 Å². The molecule has 0 saturated carbocycles. The van der Waals surface area contributed by atoms with E-state index >= 15 is 0 Å². The number of hydrogen-bond acceptors (Lipinski definition) is 5. The molecule has 1 aromatic rings. The first-order valence-electron chi connectivity index (χ1n) is 6.89. The zero-order valence-corrected chi connectivity index (χ0v) is 11.6. The first-order valence-corrected chi connectivity index (χ1v) is 6.89. The van der Waals surface area contributed by atoms with Gasteiger partial charge in [0.25, 0.3) is 5.91 Å². The topological polar surface area (TPSA) is 95.8 Å². The van der Waals surface area contributed by atoms with Crippen LogP contribution in [-0.2, 0) is 0 Å². The zero-order valence-electron chi connectivity index (χ0n) is 11.6. The van der Waals surface area contributed by atoms with Crippen molar-refractivity contribution < 1.29 is 9.90 Å². The van der Waals surface area contributed by atoms with Crippen LogP contribution in [0.4, 0.5) is 11.4 Å². The van der Waals surface area contributed by atoms with E-state index in [0.29, 0.717) is 36.6 Å². The predicted molar refractivity (Wildman–Crippen MR) is 79.3 cm³/mol. The SMILES string of the molecule is Nc1ccc(C(=O)N2CCCN(CCO)CC2)c(N)c1. The molecule has 1 aliphatic heterocycles. The lowest BCUT2D eigenvalue weighted by Gasteiger charge is -2.22. The Morgan fingerprint density at radius 2 is 2.00 bits per heavy atom. The summed E-state index contributed by atoms with van der Waals surface area (Å²) in [5, 5.41) is 8.98. The largest absolute Gasteiger partial charge is 0.399 e. The molecule has 6 heteroatoms. The van der Waals surface area contributed by atoms with E-state index in [2.05, 4.69) is 4.90 Å². The molecule has 0 aromatic heterocycles. The van der Waals surface area contributed by atoms with Gasteiger partial charge in [-0.1, -0.05) is 0 Å². The van der Waals surface area contributed by atoms with Crippen molar-refractivity contribution >= 4 is 17.3 Å². The van der Waals surface area contributed by atoms with Crippen LogP contribution in [0.2, 0.25) is 0 Å². The fourth-order valence-corrected chi connectivity index (χ4v) is 2.49. The van der Waals surface area contributed by atoms with E-state index in [0.717, 1.165) is 19.5 Å².